The van der Waals surface area contributed by atoms with Crippen molar-refractivity contribution in [2.75, 3.05) is 58.3 Å². The molecule has 2 aliphatic heterocycles. The molecule has 2 saturated heterocycles. The first kappa shape index (κ1) is 29.5. The first-order chi connectivity index (χ1) is 19.8. The Hall–Kier alpha value is -3.02. The van der Waals surface area contributed by atoms with Gasteiger partial charge in [-0.3, -0.25) is 19.1 Å². The molecule has 0 aliphatic carbocycles. The number of methoxy groups -OCH3 is 1. The van der Waals surface area contributed by atoms with Gasteiger partial charge >= 0.3 is 6.09 Å². The molecule has 11 heteroatoms. The molecule has 0 spiro atoms. The van der Waals surface area contributed by atoms with E-state index in [1.165, 1.54) is 11.3 Å². The highest BCUT2D eigenvalue weighted by molar-refractivity contribution is 7.18. The van der Waals surface area contributed by atoms with Crippen molar-refractivity contribution < 1.29 is 19.1 Å². The fraction of sp³-hybridized carbons (Fsp3) is 0.433. The Morgan fingerprint density at radius 2 is 1.90 bits per heavy atom. The molecule has 0 unspecified atom stereocenters. The number of carbonyl (C=O) groups excluding carboxylic acids is 2. The van der Waals surface area contributed by atoms with Crippen molar-refractivity contribution in [2.45, 2.75) is 32.0 Å². The van der Waals surface area contributed by atoms with Crippen LogP contribution >= 0.6 is 22.9 Å². The van der Waals surface area contributed by atoms with Gasteiger partial charge in [0, 0.05) is 69.3 Å². The summed E-state index contributed by atoms with van der Waals surface area (Å²) in [6.45, 7) is 5.56. The van der Waals surface area contributed by atoms with Gasteiger partial charge in [0.25, 0.3) is 5.56 Å². The second-order valence-electron chi connectivity index (χ2n) is 10.5. The summed E-state index contributed by atoms with van der Waals surface area (Å²) in [5, 5.41) is 0. The molecule has 3 aromatic rings. The number of thiophene rings is 1. The zero-order valence-corrected chi connectivity index (χ0v) is 25.0. The van der Waals surface area contributed by atoms with Crippen molar-refractivity contribution >= 4 is 40.5 Å². The number of hydrogen-bond donors (Lipinski definition) is 0. The van der Waals surface area contributed by atoms with Crippen LogP contribution in [-0.4, -0.2) is 85.8 Å². The minimum atomic E-state index is -0.458. The van der Waals surface area contributed by atoms with E-state index in [9.17, 15) is 14.4 Å². The summed E-state index contributed by atoms with van der Waals surface area (Å²) in [5.41, 5.74) is 2.87. The first-order valence-electron chi connectivity index (χ1n) is 13.8. The number of Topliss-reactive ketones (excluding diaryl/α,β-unsaturated/α-hetero) is 1. The Morgan fingerprint density at radius 3 is 2.63 bits per heavy atom. The highest BCUT2D eigenvalue weighted by atomic mass is 35.5. The summed E-state index contributed by atoms with van der Waals surface area (Å²) in [6, 6.07) is 12.8. The van der Waals surface area contributed by atoms with E-state index in [1.54, 1.807) is 34.9 Å². The molecule has 4 heterocycles. The van der Waals surface area contributed by atoms with Crippen LogP contribution < -0.4 is 10.5 Å². The molecule has 0 saturated carbocycles. The predicted molar refractivity (Wildman–Crippen MR) is 161 cm³/mol. The number of aromatic nitrogens is 1. The summed E-state index contributed by atoms with van der Waals surface area (Å²) in [4.78, 5) is 45.6. The molecule has 0 radical (unpaired) electrons. The molecule has 9 nitrogen and oxygen atoms in total. The highest BCUT2D eigenvalue weighted by Gasteiger charge is 2.33. The van der Waals surface area contributed by atoms with E-state index in [1.807, 2.05) is 30.3 Å². The maximum Gasteiger partial charge on any atom is 0.414 e. The molecule has 0 bridgehead atoms. The number of ether oxygens (including phenoxy) is 2. The summed E-state index contributed by atoms with van der Waals surface area (Å²) >= 11 is 7.20. The number of rotatable bonds is 11. The average Bonchev–Trinajstić information content (AvgIpc) is 3.57. The molecule has 0 N–H and O–H groups in total. The SMILES string of the molecule is COCc1cc(N2C[C@H](CCC(=O)c3ccc(Cl)s3)OC2=O)ccc1-n1cccc(CCN2CCN(C)CC2)c1=O. The van der Waals surface area contributed by atoms with Gasteiger partial charge in [0.15, 0.2) is 5.78 Å². The van der Waals surface area contributed by atoms with Crippen LogP contribution in [0, 0.1) is 0 Å². The van der Waals surface area contributed by atoms with Crippen molar-refractivity contribution in [1.82, 2.24) is 14.4 Å². The van der Waals surface area contributed by atoms with Crippen molar-refractivity contribution in [3.05, 3.63) is 79.4 Å². The topological polar surface area (TPSA) is 84.3 Å². The molecule has 1 aromatic carbocycles. The van der Waals surface area contributed by atoms with Gasteiger partial charge in [0.05, 0.1) is 28.1 Å². The van der Waals surface area contributed by atoms with Crippen LogP contribution in [0.1, 0.15) is 33.6 Å². The van der Waals surface area contributed by atoms with Gasteiger partial charge in [-0.1, -0.05) is 17.7 Å². The van der Waals surface area contributed by atoms with Gasteiger partial charge < -0.3 is 19.3 Å². The molecule has 41 heavy (non-hydrogen) atoms. The Bertz CT molecular complexity index is 1450. The van der Waals surface area contributed by atoms with Gasteiger partial charge in [0.2, 0.25) is 0 Å². The van der Waals surface area contributed by atoms with Gasteiger partial charge in [-0.2, -0.15) is 0 Å². The normalized spacial score (nSPS) is 18.2. The Morgan fingerprint density at radius 1 is 1.10 bits per heavy atom. The lowest BCUT2D eigenvalue weighted by atomic mass is 10.1. The van der Waals surface area contributed by atoms with Gasteiger partial charge in [-0.25, -0.2) is 4.79 Å². The molecule has 2 aliphatic rings. The lowest BCUT2D eigenvalue weighted by Gasteiger charge is -2.32. The number of carbonyl (C=O) groups is 2. The van der Waals surface area contributed by atoms with Crippen LogP contribution in [0.2, 0.25) is 4.34 Å². The van der Waals surface area contributed by atoms with Gasteiger partial charge in [-0.15, -0.1) is 11.3 Å². The molecule has 1 atom stereocenters. The highest BCUT2D eigenvalue weighted by Crippen LogP contribution is 2.29. The van der Waals surface area contributed by atoms with Crippen molar-refractivity contribution in [3.63, 3.8) is 0 Å². The molecular weight excluding hydrogens is 564 g/mol. The van der Waals surface area contributed by atoms with E-state index in [0.29, 0.717) is 40.0 Å². The molecule has 1 amide bonds. The van der Waals surface area contributed by atoms with E-state index in [4.69, 9.17) is 21.1 Å². The Labute approximate surface area is 248 Å². The van der Waals surface area contributed by atoms with Gasteiger partial charge in [-0.05, 0) is 56.3 Å². The van der Waals surface area contributed by atoms with E-state index >= 15 is 0 Å². The van der Waals surface area contributed by atoms with Crippen LogP contribution in [0.15, 0.2) is 53.5 Å². The maximum atomic E-state index is 13.5. The first-order valence-corrected chi connectivity index (χ1v) is 15.0. The lowest BCUT2D eigenvalue weighted by Crippen LogP contribution is -2.45. The van der Waals surface area contributed by atoms with Gasteiger partial charge in [0.1, 0.15) is 6.10 Å². The molecule has 5 rings (SSSR count). The smallest absolute Gasteiger partial charge is 0.414 e. The quantitative estimate of drug-likeness (QED) is 0.301. The maximum absolute atomic E-state index is 13.5. The minimum absolute atomic E-state index is 0.0145. The molecule has 2 fully saturated rings. The minimum Gasteiger partial charge on any atom is -0.444 e. The van der Waals surface area contributed by atoms with Crippen LogP contribution in [0.25, 0.3) is 5.69 Å². The number of halogens is 1. The third-order valence-electron chi connectivity index (χ3n) is 7.67. The summed E-state index contributed by atoms with van der Waals surface area (Å²) < 4.78 is 13.3. The Balaban J connectivity index is 1.28. The number of likely N-dealkylation sites (N-methyl/N-ethyl adjacent to an activating group) is 1. The van der Waals surface area contributed by atoms with Crippen LogP contribution in [-0.2, 0) is 22.5 Å². The summed E-state index contributed by atoms with van der Waals surface area (Å²) in [6.07, 6.45) is 2.30. The fourth-order valence-electron chi connectivity index (χ4n) is 5.28. The second-order valence-corrected chi connectivity index (χ2v) is 12.2. The Kier molecular flexibility index (Phi) is 9.57. The van der Waals surface area contributed by atoms with Crippen molar-refractivity contribution in [3.8, 4) is 5.69 Å². The third kappa shape index (κ3) is 7.07. The van der Waals surface area contributed by atoms with E-state index in [2.05, 4.69) is 16.8 Å². The summed E-state index contributed by atoms with van der Waals surface area (Å²) in [7, 11) is 3.73. The fourth-order valence-corrected chi connectivity index (χ4v) is 6.29. The second kappa shape index (κ2) is 13.3. The molecular formula is C30H35ClN4O5S. The number of cyclic esters (lactones) is 1. The third-order valence-corrected chi connectivity index (χ3v) is 8.94. The number of piperazine rings is 1. The van der Waals surface area contributed by atoms with Crippen LogP contribution in [0.4, 0.5) is 10.5 Å². The van der Waals surface area contributed by atoms with Crippen molar-refractivity contribution in [1.29, 1.82) is 0 Å². The van der Waals surface area contributed by atoms with E-state index in [-0.39, 0.29) is 24.4 Å². The van der Waals surface area contributed by atoms with Crippen molar-refractivity contribution in [2.24, 2.45) is 0 Å². The molecule has 218 valence electrons. The van der Waals surface area contributed by atoms with E-state index in [0.717, 1.165) is 43.9 Å². The van der Waals surface area contributed by atoms with E-state index < -0.39 is 12.2 Å². The number of ketones is 1. The standard InChI is InChI=1S/C30H35ClN4O5S/c1-32-14-16-33(17-15-32)13-11-21-4-3-12-34(29(21)37)25-7-5-23(18-22(25)20-39-2)35-19-24(40-30(35)38)6-8-26(36)27-9-10-28(31)41-27/h3-5,7,9-10,12,18,24H,6,8,11,13-17,19-20H2,1-2H3/t24-/m0/s1. The van der Waals surface area contributed by atoms with Crippen LogP contribution in [0.3, 0.4) is 0 Å². The van der Waals surface area contributed by atoms with Crippen LogP contribution in [0.5, 0.6) is 0 Å². The average molecular weight is 599 g/mol. The number of anilines is 1. The largest absolute Gasteiger partial charge is 0.444 e. The molecule has 2 aromatic heterocycles. The number of nitrogens with zero attached hydrogens (tertiary/aromatic N) is 4. The number of hydrogen-bond acceptors (Lipinski definition) is 8. The number of benzene rings is 1. The zero-order chi connectivity index (χ0) is 28.9. The number of amides is 1. The monoisotopic (exact) mass is 598 g/mol. The lowest BCUT2D eigenvalue weighted by molar-refractivity contribution is 0.0943. The zero-order valence-electron chi connectivity index (χ0n) is 23.4. The number of pyridine rings is 1. The predicted octanol–water partition coefficient (Wildman–Crippen LogP) is 4.48. The summed E-state index contributed by atoms with van der Waals surface area (Å²) in [5.74, 6) is -0.0145.